The third-order valence-corrected chi connectivity index (χ3v) is 4.32. The number of halogens is 2. The zero-order chi connectivity index (χ0) is 16.9. The van der Waals surface area contributed by atoms with Crippen LogP contribution < -0.4 is 5.32 Å². The van der Waals surface area contributed by atoms with Crippen LogP contribution in [0.15, 0.2) is 42.6 Å². The lowest BCUT2D eigenvalue weighted by atomic mass is 10.2. The standard InChI is InChI=1S/C17H18Cl2N4O/c18-13-9-14(19)11-16(10-13)21-17(24)23-7-5-22(6-8-23)12-15-3-1-2-4-20-15/h1-4,9-11H,5-8,12H2,(H,21,24). The molecule has 1 aromatic carbocycles. The minimum absolute atomic E-state index is 0.134. The van der Waals surface area contributed by atoms with E-state index in [4.69, 9.17) is 23.2 Å². The molecule has 1 N–H and O–H groups in total. The van der Waals surface area contributed by atoms with Gasteiger partial charge in [0.1, 0.15) is 0 Å². The molecule has 2 aromatic rings. The molecule has 1 aliphatic heterocycles. The first kappa shape index (κ1) is 17.0. The van der Waals surface area contributed by atoms with Gasteiger partial charge in [-0.1, -0.05) is 29.3 Å². The monoisotopic (exact) mass is 364 g/mol. The highest BCUT2D eigenvalue weighted by molar-refractivity contribution is 6.35. The number of carbonyl (C=O) groups is 1. The number of hydrogen-bond donors (Lipinski definition) is 1. The van der Waals surface area contributed by atoms with E-state index in [1.165, 1.54) is 0 Å². The third kappa shape index (κ3) is 4.60. The summed E-state index contributed by atoms with van der Waals surface area (Å²) in [7, 11) is 0. The predicted molar refractivity (Wildman–Crippen MR) is 96.6 cm³/mol. The van der Waals surface area contributed by atoms with Gasteiger partial charge in [0.2, 0.25) is 0 Å². The second kappa shape index (κ2) is 7.83. The van der Waals surface area contributed by atoms with Crippen molar-refractivity contribution in [3.05, 3.63) is 58.3 Å². The van der Waals surface area contributed by atoms with Crippen LogP contribution in [0.1, 0.15) is 5.69 Å². The Morgan fingerprint density at radius 3 is 2.42 bits per heavy atom. The Hall–Kier alpha value is -1.82. The Morgan fingerprint density at radius 2 is 1.79 bits per heavy atom. The van der Waals surface area contributed by atoms with E-state index in [0.29, 0.717) is 28.8 Å². The van der Waals surface area contributed by atoms with Crippen LogP contribution >= 0.6 is 23.2 Å². The Balaban J connectivity index is 1.51. The van der Waals surface area contributed by atoms with Crippen LogP contribution in [0, 0.1) is 0 Å². The van der Waals surface area contributed by atoms with Gasteiger partial charge in [0, 0.05) is 54.7 Å². The van der Waals surface area contributed by atoms with Gasteiger partial charge in [0.05, 0.1) is 5.69 Å². The van der Waals surface area contributed by atoms with Crippen molar-refractivity contribution in [2.75, 3.05) is 31.5 Å². The van der Waals surface area contributed by atoms with Crippen LogP contribution in [-0.2, 0) is 6.54 Å². The van der Waals surface area contributed by atoms with E-state index >= 15 is 0 Å². The van der Waals surface area contributed by atoms with Crippen LogP contribution in [0.3, 0.4) is 0 Å². The number of pyridine rings is 1. The fourth-order valence-corrected chi connectivity index (χ4v) is 3.18. The van der Waals surface area contributed by atoms with Crippen molar-refractivity contribution < 1.29 is 4.79 Å². The summed E-state index contributed by atoms with van der Waals surface area (Å²) in [6, 6.07) is 10.8. The van der Waals surface area contributed by atoms with E-state index in [2.05, 4.69) is 15.2 Å². The van der Waals surface area contributed by atoms with E-state index in [1.54, 1.807) is 29.3 Å². The number of benzene rings is 1. The van der Waals surface area contributed by atoms with Crippen LogP contribution in [0.5, 0.6) is 0 Å². The maximum absolute atomic E-state index is 12.4. The average molecular weight is 365 g/mol. The predicted octanol–water partition coefficient (Wildman–Crippen LogP) is 3.74. The molecular formula is C17H18Cl2N4O. The fraction of sp³-hybridized carbons (Fsp3) is 0.294. The van der Waals surface area contributed by atoms with Crippen molar-refractivity contribution in [1.82, 2.24) is 14.8 Å². The summed E-state index contributed by atoms with van der Waals surface area (Å²) in [6.07, 6.45) is 1.80. The number of hydrogen-bond acceptors (Lipinski definition) is 3. The van der Waals surface area contributed by atoms with Gasteiger partial charge in [-0.2, -0.15) is 0 Å². The highest BCUT2D eigenvalue weighted by Crippen LogP contribution is 2.22. The van der Waals surface area contributed by atoms with Gasteiger partial charge in [-0.25, -0.2) is 4.79 Å². The van der Waals surface area contributed by atoms with E-state index < -0.39 is 0 Å². The van der Waals surface area contributed by atoms with Gasteiger partial charge >= 0.3 is 6.03 Å². The minimum atomic E-state index is -0.134. The first-order valence-corrected chi connectivity index (χ1v) is 8.50. The molecular weight excluding hydrogens is 347 g/mol. The summed E-state index contributed by atoms with van der Waals surface area (Å²) in [5.41, 5.74) is 1.65. The van der Waals surface area contributed by atoms with Gasteiger partial charge in [-0.3, -0.25) is 9.88 Å². The van der Waals surface area contributed by atoms with Gasteiger partial charge in [-0.15, -0.1) is 0 Å². The molecule has 0 unspecified atom stereocenters. The minimum Gasteiger partial charge on any atom is -0.322 e. The van der Waals surface area contributed by atoms with Crippen molar-refractivity contribution in [3.63, 3.8) is 0 Å². The van der Waals surface area contributed by atoms with Gasteiger partial charge in [0.25, 0.3) is 0 Å². The normalized spacial score (nSPS) is 15.3. The van der Waals surface area contributed by atoms with Gasteiger partial charge < -0.3 is 10.2 Å². The molecule has 126 valence electrons. The lowest BCUT2D eigenvalue weighted by molar-refractivity contribution is 0.142. The number of urea groups is 1. The first-order valence-electron chi connectivity index (χ1n) is 7.74. The topological polar surface area (TPSA) is 48.5 Å². The number of rotatable bonds is 3. The van der Waals surface area contributed by atoms with Crippen molar-refractivity contribution in [3.8, 4) is 0 Å². The summed E-state index contributed by atoms with van der Waals surface area (Å²) in [4.78, 5) is 20.8. The van der Waals surface area contributed by atoms with Crippen molar-refractivity contribution in [2.45, 2.75) is 6.54 Å². The quantitative estimate of drug-likeness (QED) is 0.902. The highest BCUT2D eigenvalue weighted by atomic mass is 35.5. The maximum atomic E-state index is 12.4. The summed E-state index contributed by atoms with van der Waals surface area (Å²) in [5, 5.41) is 3.84. The summed E-state index contributed by atoms with van der Waals surface area (Å²) in [5.74, 6) is 0. The molecule has 1 saturated heterocycles. The van der Waals surface area contributed by atoms with Crippen LogP contribution in [0.2, 0.25) is 10.0 Å². The lowest BCUT2D eigenvalue weighted by Gasteiger charge is -2.34. The highest BCUT2D eigenvalue weighted by Gasteiger charge is 2.21. The summed E-state index contributed by atoms with van der Waals surface area (Å²) in [6.45, 7) is 3.79. The van der Waals surface area contributed by atoms with Crippen molar-refractivity contribution in [2.24, 2.45) is 0 Å². The zero-order valence-corrected chi connectivity index (χ0v) is 14.6. The maximum Gasteiger partial charge on any atom is 0.321 e. The van der Waals surface area contributed by atoms with Crippen LogP contribution in [0.25, 0.3) is 0 Å². The molecule has 2 heterocycles. The number of piperazine rings is 1. The molecule has 0 atom stereocenters. The Morgan fingerprint density at radius 1 is 1.08 bits per heavy atom. The smallest absolute Gasteiger partial charge is 0.321 e. The second-order valence-corrected chi connectivity index (χ2v) is 6.55. The third-order valence-electron chi connectivity index (χ3n) is 3.89. The van der Waals surface area contributed by atoms with E-state index in [-0.39, 0.29) is 6.03 Å². The summed E-state index contributed by atoms with van der Waals surface area (Å²) < 4.78 is 0. The van der Waals surface area contributed by atoms with E-state index in [9.17, 15) is 4.79 Å². The van der Waals surface area contributed by atoms with E-state index in [1.807, 2.05) is 18.2 Å². The molecule has 0 radical (unpaired) electrons. The Kier molecular flexibility index (Phi) is 5.56. The number of nitrogens with one attached hydrogen (secondary N) is 1. The van der Waals surface area contributed by atoms with Gasteiger partial charge in [-0.05, 0) is 30.3 Å². The molecule has 0 bridgehead atoms. The number of amides is 2. The molecule has 7 heteroatoms. The Bertz CT molecular complexity index is 683. The number of anilines is 1. The SMILES string of the molecule is O=C(Nc1cc(Cl)cc(Cl)c1)N1CCN(Cc2ccccn2)CC1. The van der Waals surface area contributed by atoms with Crippen molar-refractivity contribution >= 4 is 34.9 Å². The number of nitrogens with zero attached hydrogens (tertiary/aromatic N) is 3. The molecule has 1 fully saturated rings. The first-order chi connectivity index (χ1) is 11.6. The largest absolute Gasteiger partial charge is 0.322 e. The zero-order valence-electron chi connectivity index (χ0n) is 13.1. The van der Waals surface area contributed by atoms with Gasteiger partial charge in [0.15, 0.2) is 0 Å². The molecule has 2 amide bonds. The molecule has 0 spiro atoms. The molecule has 0 aliphatic carbocycles. The summed E-state index contributed by atoms with van der Waals surface area (Å²) >= 11 is 11.9. The molecule has 3 rings (SSSR count). The molecule has 1 aliphatic rings. The molecule has 24 heavy (non-hydrogen) atoms. The Labute approximate surface area is 151 Å². The van der Waals surface area contributed by atoms with E-state index in [0.717, 1.165) is 25.3 Å². The average Bonchev–Trinajstić information content (AvgIpc) is 2.55. The van der Waals surface area contributed by atoms with Crippen LogP contribution in [0.4, 0.5) is 10.5 Å². The second-order valence-electron chi connectivity index (χ2n) is 5.67. The number of aromatic nitrogens is 1. The van der Waals surface area contributed by atoms with Crippen LogP contribution in [-0.4, -0.2) is 47.0 Å². The lowest BCUT2D eigenvalue weighted by Crippen LogP contribution is -2.49. The fourth-order valence-electron chi connectivity index (χ4n) is 2.66. The van der Waals surface area contributed by atoms with Crippen molar-refractivity contribution in [1.29, 1.82) is 0 Å². The number of carbonyl (C=O) groups excluding carboxylic acids is 1. The molecule has 0 saturated carbocycles. The molecule has 5 nitrogen and oxygen atoms in total. The molecule has 1 aromatic heterocycles.